The fraction of sp³-hybridized carbons (Fsp3) is 0.353. The largest absolute Gasteiger partial charge is 0.302 e. The molecular formula is C17H20N2. The van der Waals surface area contributed by atoms with Gasteiger partial charge < -0.3 is 5.32 Å². The zero-order valence-corrected chi connectivity index (χ0v) is 11.6. The van der Waals surface area contributed by atoms with Crippen LogP contribution < -0.4 is 5.32 Å². The van der Waals surface area contributed by atoms with Crippen LogP contribution in [0.5, 0.6) is 0 Å². The predicted octanol–water partition coefficient (Wildman–Crippen LogP) is 3.73. The Morgan fingerprint density at radius 3 is 2.79 bits per heavy atom. The van der Waals surface area contributed by atoms with Crippen LogP contribution in [0.1, 0.15) is 47.8 Å². The number of rotatable bonds is 3. The lowest BCUT2D eigenvalue weighted by Crippen LogP contribution is -2.23. The van der Waals surface area contributed by atoms with Gasteiger partial charge in [0, 0.05) is 12.2 Å². The van der Waals surface area contributed by atoms with Gasteiger partial charge in [-0.3, -0.25) is 4.98 Å². The Morgan fingerprint density at radius 2 is 2.00 bits per heavy atom. The van der Waals surface area contributed by atoms with Crippen molar-refractivity contribution in [1.82, 2.24) is 10.3 Å². The Hall–Kier alpha value is -1.67. The van der Waals surface area contributed by atoms with Crippen molar-refractivity contribution in [2.24, 2.45) is 0 Å². The lowest BCUT2D eigenvalue weighted by atomic mass is 10.1. The van der Waals surface area contributed by atoms with Crippen LogP contribution in [0.15, 0.2) is 42.6 Å². The van der Waals surface area contributed by atoms with Gasteiger partial charge in [0.2, 0.25) is 0 Å². The molecule has 2 heteroatoms. The van der Waals surface area contributed by atoms with Crippen molar-refractivity contribution >= 4 is 0 Å². The maximum absolute atomic E-state index is 4.54. The zero-order chi connectivity index (χ0) is 13.2. The van der Waals surface area contributed by atoms with Crippen LogP contribution in [0.3, 0.4) is 0 Å². The van der Waals surface area contributed by atoms with E-state index in [0.717, 1.165) is 12.8 Å². The van der Waals surface area contributed by atoms with Gasteiger partial charge in [-0.05, 0) is 43.9 Å². The van der Waals surface area contributed by atoms with Gasteiger partial charge in [0.05, 0.1) is 11.7 Å². The summed E-state index contributed by atoms with van der Waals surface area (Å²) < 4.78 is 0. The van der Waals surface area contributed by atoms with E-state index in [2.05, 4.69) is 54.5 Å². The summed E-state index contributed by atoms with van der Waals surface area (Å²) in [5.74, 6) is 0. The van der Waals surface area contributed by atoms with Crippen molar-refractivity contribution in [2.45, 2.75) is 38.8 Å². The molecule has 1 unspecified atom stereocenters. The molecule has 0 fully saturated rings. The average molecular weight is 252 g/mol. The Bertz CT molecular complexity index is 560. The SMILES string of the molecule is Cc1ccc([C@@H](C)NC2CCc3cccnc32)cc1. The van der Waals surface area contributed by atoms with Gasteiger partial charge in [-0.1, -0.05) is 35.9 Å². The molecule has 1 aliphatic rings. The van der Waals surface area contributed by atoms with Crippen LogP contribution in [0.4, 0.5) is 0 Å². The van der Waals surface area contributed by atoms with Crippen LogP contribution in [-0.4, -0.2) is 4.98 Å². The quantitative estimate of drug-likeness (QED) is 0.900. The highest BCUT2D eigenvalue weighted by atomic mass is 15.0. The second kappa shape index (κ2) is 5.14. The first-order valence-electron chi connectivity index (χ1n) is 7.00. The fourth-order valence-corrected chi connectivity index (χ4v) is 2.83. The number of benzene rings is 1. The van der Waals surface area contributed by atoms with Gasteiger partial charge in [-0.15, -0.1) is 0 Å². The molecule has 0 spiro atoms. The highest BCUT2D eigenvalue weighted by Gasteiger charge is 2.24. The number of pyridine rings is 1. The van der Waals surface area contributed by atoms with Crippen LogP contribution in [-0.2, 0) is 6.42 Å². The highest BCUT2D eigenvalue weighted by Crippen LogP contribution is 2.31. The van der Waals surface area contributed by atoms with E-state index in [0.29, 0.717) is 12.1 Å². The molecule has 1 aromatic heterocycles. The average Bonchev–Trinajstić information content (AvgIpc) is 2.83. The standard InChI is InChI=1S/C17H20N2/c1-12-5-7-14(8-6-12)13(2)19-16-10-9-15-4-3-11-18-17(15)16/h3-8,11,13,16,19H,9-10H2,1-2H3/t13-,16?/m1/s1. The Labute approximate surface area is 114 Å². The minimum Gasteiger partial charge on any atom is -0.302 e. The molecule has 3 rings (SSSR count). The minimum absolute atomic E-state index is 0.360. The second-order valence-corrected chi connectivity index (χ2v) is 5.44. The Kier molecular flexibility index (Phi) is 3.34. The third-order valence-electron chi connectivity index (χ3n) is 3.99. The monoisotopic (exact) mass is 252 g/mol. The molecule has 1 heterocycles. The molecule has 2 nitrogen and oxygen atoms in total. The predicted molar refractivity (Wildman–Crippen MR) is 78.0 cm³/mol. The van der Waals surface area contributed by atoms with Crippen molar-refractivity contribution in [3.8, 4) is 0 Å². The van der Waals surface area contributed by atoms with Gasteiger partial charge in [-0.2, -0.15) is 0 Å². The summed E-state index contributed by atoms with van der Waals surface area (Å²) >= 11 is 0. The van der Waals surface area contributed by atoms with Crippen molar-refractivity contribution in [3.05, 3.63) is 65.0 Å². The van der Waals surface area contributed by atoms with E-state index in [1.807, 2.05) is 12.3 Å². The molecule has 0 saturated carbocycles. The summed E-state index contributed by atoms with van der Waals surface area (Å²) in [6.45, 7) is 4.35. The molecule has 98 valence electrons. The third-order valence-corrected chi connectivity index (χ3v) is 3.99. The second-order valence-electron chi connectivity index (χ2n) is 5.44. The Morgan fingerprint density at radius 1 is 1.21 bits per heavy atom. The van der Waals surface area contributed by atoms with Crippen LogP contribution >= 0.6 is 0 Å². The molecule has 2 aromatic rings. The van der Waals surface area contributed by atoms with E-state index in [9.17, 15) is 0 Å². The third kappa shape index (κ3) is 2.54. The molecular weight excluding hydrogens is 232 g/mol. The van der Waals surface area contributed by atoms with Gasteiger partial charge in [0.25, 0.3) is 0 Å². The van der Waals surface area contributed by atoms with Gasteiger partial charge in [0.15, 0.2) is 0 Å². The van der Waals surface area contributed by atoms with Crippen LogP contribution in [0.2, 0.25) is 0 Å². The van der Waals surface area contributed by atoms with E-state index in [1.165, 1.54) is 22.4 Å². The zero-order valence-electron chi connectivity index (χ0n) is 11.6. The molecule has 0 amide bonds. The lowest BCUT2D eigenvalue weighted by molar-refractivity contribution is 0.458. The maximum Gasteiger partial charge on any atom is 0.0605 e. The molecule has 0 saturated heterocycles. The molecule has 1 N–H and O–H groups in total. The van der Waals surface area contributed by atoms with Gasteiger partial charge in [-0.25, -0.2) is 0 Å². The number of nitrogens with zero attached hydrogens (tertiary/aromatic N) is 1. The number of hydrogen-bond acceptors (Lipinski definition) is 2. The number of fused-ring (bicyclic) bond motifs is 1. The summed E-state index contributed by atoms with van der Waals surface area (Å²) in [5.41, 5.74) is 5.29. The lowest BCUT2D eigenvalue weighted by Gasteiger charge is -2.20. The maximum atomic E-state index is 4.54. The summed E-state index contributed by atoms with van der Waals surface area (Å²) in [7, 11) is 0. The van der Waals surface area contributed by atoms with Crippen molar-refractivity contribution in [3.63, 3.8) is 0 Å². The fourth-order valence-electron chi connectivity index (χ4n) is 2.83. The molecule has 0 bridgehead atoms. The Balaban J connectivity index is 1.74. The van der Waals surface area contributed by atoms with E-state index >= 15 is 0 Å². The highest BCUT2D eigenvalue weighted by molar-refractivity contribution is 5.29. The number of aryl methyl sites for hydroxylation is 2. The first-order chi connectivity index (χ1) is 9.24. The summed E-state index contributed by atoms with van der Waals surface area (Å²) in [6, 6.07) is 13.8. The number of nitrogens with one attached hydrogen (secondary N) is 1. The summed E-state index contributed by atoms with van der Waals surface area (Å²) in [6.07, 6.45) is 4.19. The summed E-state index contributed by atoms with van der Waals surface area (Å²) in [4.78, 5) is 4.54. The normalized spacial score (nSPS) is 19.2. The minimum atomic E-state index is 0.360. The molecule has 0 aliphatic heterocycles. The van der Waals surface area contributed by atoms with E-state index < -0.39 is 0 Å². The first kappa shape index (κ1) is 12.4. The van der Waals surface area contributed by atoms with E-state index in [4.69, 9.17) is 0 Å². The topological polar surface area (TPSA) is 24.9 Å². The number of hydrogen-bond donors (Lipinski definition) is 1. The smallest absolute Gasteiger partial charge is 0.0605 e. The van der Waals surface area contributed by atoms with Crippen molar-refractivity contribution in [2.75, 3.05) is 0 Å². The van der Waals surface area contributed by atoms with Gasteiger partial charge in [0.1, 0.15) is 0 Å². The van der Waals surface area contributed by atoms with Crippen molar-refractivity contribution < 1.29 is 0 Å². The van der Waals surface area contributed by atoms with Crippen molar-refractivity contribution in [1.29, 1.82) is 0 Å². The van der Waals surface area contributed by atoms with Crippen LogP contribution in [0.25, 0.3) is 0 Å². The van der Waals surface area contributed by atoms with E-state index in [1.54, 1.807) is 0 Å². The van der Waals surface area contributed by atoms with E-state index in [-0.39, 0.29) is 0 Å². The van der Waals surface area contributed by atoms with Gasteiger partial charge >= 0.3 is 0 Å². The molecule has 2 atom stereocenters. The molecule has 1 aliphatic carbocycles. The first-order valence-corrected chi connectivity index (χ1v) is 7.00. The number of aromatic nitrogens is 1. The van der Waals surface area contributed by atoms with Crippen LogP contribution in [0, 0.1) is 6.92 Å². The summed E-state index contributed by atoms with van der Waals surface area (Å²) in [5, 5.41) is 3.71. The molecule has 1 aromatic carbocycles. The molecule has 0 radical (unpaired) electrons. The molecule has 19 heavy (non-hydrogen) atoms.